The Hall–Kier alpha value is -0.250. The molecule has 0 spiro atoms. The molecule has 1 aromatic carbocycles. The van der Waals surface area contributed by atoms with E-state index >= 15 is 0 Å². The van der Waals surface area contributed by atoms with Crippen molar-refractivity contribution in [2.75, 3.05) is 32.1 Å². The molecule has 1 aliphatic heterocycles. The maximum Gasteiger partial charge on any atom is 0.0467 e. The zero-order valence-corrected chi connectivity index (χ0v) is 12.6. The summed E-state index contributed by atoms with van der Waals surface area (Å²) in [5, 5.41) is 1.66. The molecule has 0 aliphatic carbocycles. The Morgan fingerprint density at radius 3 is 2.82 bits per heavy atom. The van der Waals surface area contributed by atoms with Crippen LogP contribution in [0.5, 0.6) is 0 Å². The Balaban J connectivity index is 2.21. The predicted octanol–water partition coefficient (Wildman–Crippen LogP) is 3.38. The van der Waals surface area contributed by atoms with Crippen molar-refractivity contribution in [3.8, 4) is 0 Å². The lowest BCUT2D eigenvalue weighted by Crippen LogP contribution is -2.31. The van der Waals surface area contributed by atoms with Gasteiger partial charge in [-0.05, 0) is 32.6 Å². The maximum absolute atomic E-state index is 6.24. The van der Waals surface area contributed by atoms with E-state index in [4.69, 9.17) is 11.6 Å². The number of hydrogen-bond donors (Lipinski definition) is 0. The monoisotopic (exact) mass is 316 g/mol. The van der Waals surface area contributed by atoms with E-state index in [-0.39, 0.29) is 0 Å². The Morgan fingerprint density at radius 1 is 1.47 bits per heavy atom. The summed E-state index contributed by atoms with van der Waals surface area (Å²) >= 11 is 9.77. The average molecular weight is 318 g/mol. The summed E-state index contributed by atoms with van der Waals surface area (Å²) in [7, 11) is 4.30. The van der Waals surface area contributed by atoms with Gasteiger partial charge in [-0.2, -0.15) is 0 Å². The van der Waals surface area contributed by atoms with Crippen molar-refractivity contribution in [2.45, 2.75) is 17.8 Å². The van der Waals surface area contributed by atoms with Crippen molar-refractivity contribution in [3.05, 3.63) is 28.8 Å². The van der Waals surface area contributed by atoms with Crippen LogP contribution >= 0.6 is 27.5 Å². The van der Waals surface area contributed by atoms with Crippen molar-refractivity contribution < 1.29 is 0 Å². The second kappa shape index (κ2) is 5.59. The first-order chi connectivity index (χ1) is 8.13. The summed E-state index contributed by atoms with van der Waals surface area (Å²) in [6, 6.07) is 6.81. The van der Waals surface area contributed by atoms with E-state index in [1.165, 1.54) is 17.7 Å². The third-order valence-electron chi connectivity index (χ3n) is 3.46. The van der Waals surface area contributed by atoms with Crippen molar-refractivity contribution in [1.29, 1.82) is 0 Å². The predicted molar refractivity (Wildman–Crippen MR) is 78.4 cm³/mol. The Bertz CT molecular complexity index is 395. The molecule has 2 rings (SSSR count). The lowest BCUT2D eigenvalue weighted by molar-refractivity contribution is 0.315. The average Bonchev–Trinajstić information content (AvgIpc) is 2.77. The third-order valence-corrected chi connectivity index (χ3v) is 4.38. The fraction of sp³-hybridized carbons (Fsp3) is 0.538. The quantitative estimate of drug-likeness (QED) is 0.789. The van der Waals surface area contributed by atoms with E-state index in [0.29, 0.717) is 6.04 Å². The molecule has 0 radical (unpaired) electrons. The molecule has 0 aromatic heterocycles. The SMILES string of the molecule is CN(C)C1CCN(c2cccc(Cl)c2CBr)C1. The minimum absolute atomic E-state index is 0.650. The molecular formula is C13H18BrClN2. The number of alkyl halides is 1. The van der Waals surface area contributed by atoms with Gasteiger partial charge in [0.05, 0.1) is 0 Å². The standard InChI is InChI=1S/C13H18BrClN2/c1-16(2)10-6-7-17(9-10)13-5-3-4-12(15)11(13)8-14/h3-5,10H,6-9H2,1-2H3. The van der Waals surface area contributed by atoms with E-state index in [2.05, 4.69) is 45.9 Å². The fourth-order valence-corrected chi connectivity index (χ4v) is 3.35. The number of likely N-dealkylation sites (N-methyl/N-ethyl adjacent to an activating group) is 1. The summed E-state index contributed by atoms with van der Waals surface area (Å²) in [6.45, 7) is 2.20. The summed E-state index contributed by atoms with van der Waals surface area (Å²) < 4.78 is 0. The van der Waals surface area contributed by atoms with Gasteiger partial charge in [0.1, 0.15) is 0 Å². The smallest absolute Gasteiger partial charge is 0.0467 e. The molecule has 94 valence electrons. The number of benzene rings is 1. The Morgan fingerprint density at radius 2 is 2.24 bits per heavy atom. The van der Waals surface area contributed by atoms with Crippen LogP contribution in [0.25, 0.3) is 0 Å². The summed E-state index contributed by atoms with van der Waals surface area (Å²) in [6.07, 6.45) is 1.22. The number of hydrogen-bond acceptors (Lipinski definition) is 2. The van der Waals surface area contributed by atoms with Gasteiger partial charge < -0.3 is 9.80 Å². The molecule has 0 bridgehead atoms. The zero-order chi connectivity index (χ0) is 12.4. The third kappa shape index (κ3) is 2.78. The van der Waals surface area contributed by atoms with Gasteiger partial charge in [0, 0.05) is 40.7 Å². The molecule has 0 N–H and O–H groups in total. The van der Waals surface area contributed by atoms with Crippen molar-refractivity contribution in [3.63, 3.8) is 0 Å². The summed E-state index contributed by atoms with van der Waals surface area (Å²) in [5.41, 5.74) is 2.48. The van der Waals surface area contributed by atoms with Gasteiger partial charge in [-0.15, -0.1) is 0 Å². The summed E-state index contributed by atoms with van der Waals surface area (Å²) in [4.78, 5) is 4.74. The topological polar surface area (TPSA) is 6.48 Å². The van der Waals surface area contributed by atoms with Gasteiger partial charge >= 0.3 is 0 Å². The lowest BCUT2D eigenvalue weighted by atomic mass is 10.2. The molecule has 0 saturated carbocycles. The molecule has 1 aliphatic rings. The van der Waals surface area contributed by atoms with Gasteiger partial charge in [-0.25, -0.2) is 0 Å². The van der Waals surface area contributed by atoms with Crippen LogP contribution in [0.2, 0.25) is 5.02 Å². The van der Waals surface area contributed by atoms with E-state index < -0.39 is 0 Å². The molecule has 4 heteroatoms. The van der Waals surface area contributed by atoms with Crippen molar-refractivity contribution in [1.82, 2.24) is 4.90 Å². The molecule has 1 atom stereocenters. The van der Waals surface area contributed by atoms with E-state index in [9.17, 15) is 0 Å². The number of anilines is 1. The Kier molecular flexibility index (Phi) is 4.34. The number of nitrogens with zero attached hydrogens (tertiary/aromatic N) is 2. The Labute approximate surface area is 117 Å². The first-order valence-corrected chi connectivity index (χ1v) is 7.38. The molecule has 17 heavy (non-hydrogen) atoms. The molecule has 1 unspecified atom stereocenters. The highest BCUT2D eigenvalue weighted by Crippen LogP contribution is 2.32. The van der Waals surface area contributed by atoms with E-state index in [1.54, 1.807) is 0 Å². The van der Waals surface area contributed by atoms with Gasteiger partial charge in [0.25, 0.3) is 0 Å². The van der Waals surface area contributed by atoms with Crippen LogP contribution in [0.1, 0.15) is 12.0 Å². The summed E-state index contributed by atoms with van der Waals surface area (Å²) in [5.74, 6) is 0. The molecule has 1 aromatic rings. The van der Waals surface area contributed by atoms with Gasteiger partial charge in [0.2, 0.25) is 0 Å². The van der Waals surface area contributed by atoms with Crippen LogP contribution in [0, 0.1) is 0 Å². The molecule has 0 amide bonds. The maximum atomic E-state index is 6.24. The highest BCUT2D eigenvalue weighted by Gasteiger charge is 2.25. The van der Waals surface area contributed by atoms with Crippen LogP contribution in [0.15, 0.2) is 18.2 Å². The molecule has 1 heterocycles. The fourth-order valence-electron chi connectivity index (χ4n) is 2.36. The normalized spacial score (nSPS) is 20.3. The molecule has 1 fully saturated rings. The van der Waals surface area contributed by atoms with Crippen molar-refractivity contribution in [2.24, 2.45) is 0 Å². The largest absolute Gasteiger partial charge is 0.370 e. The highest BCUT2D eigenvalue weighted by molar-refractivity contribution is 9.08. The van der Waals surface area contributed by atoms with E-state index in [0.717, 1.165) is 23.4 Å². The minimum atomic E-state index is 0.650. The van der Waals surface area contributed by atoms with Gasteiger partial charge in [-0.3, -0.25) is 0 Å². The van der Waals surface area contributed by atoms with Gasteiger partial charge in [-0.1, -0.05) is 33.6 Å². The van der Waals surface area contributed by atoms with Crippen LogP contribution in [0.4, 0.5) is 5.69 Å². The first kappa shape index (κ1) is 13.2. The van der Waals surface area contributed by atoms with Crippen LogP contribution in [0.3, 0.4) is 0 Å². The number of rotatable bonds is 3. The first-order valence-electron chi connectivity index (χ1n) is 5.88. The lowest BCUT2D eigenvalue weighted by Gasteiger charge is -2.24. The second-order valence-electron chi connectivity index (χ2n) is 4.72. The highest BCUT2D eigenvalue weighted by atomic mass is 79.9. The molecule has 2 nitrogen and oxygen atoms in total. The van der Waals surface area contributed by atoms with Crippen LogP contribution in [-0.2, 0) is 5.33 Å². The number of halogens is 2. The van der Waals surface area contributed by atoms with Crippen molar-refractivity contribution >= 4 is 33.2 Å². The zero-order valence-electron chi connectivity index (χ0n) is 10.3. The second-order valence-corrected chi connectivity index (χ2v) is 5.69. The minimum Gasteiger partial charge on any atom is -0.370 e. The van der Waals surface area contributed by atoms with E-state index in [1.807, 2.05) is 12.1 Å². The molecular weight excluding hydrogens is 300 g/mol. The van der Waals surface area contributed by atoms with Crippen LogP contribution in [-0.4, -0.2) is 38.1 Å². The van der Waals surface area contributed by atoms with Gasteiger partial charge in [0.15, 0.2) is 0 Å². The molecule has 1 saturated heterocycles. The van der Waals surface area contributed by atoms with Crippen LogP contribution < -0.4 is 4.90 Å².